The summed E-state index contributed by atoms with van der Waals surface area (Å²) in [6, 6.07) is 11.9. The first-order valence-electron chi connectivity index (χ1n) is 6.48. The van der Waals surface area contributed by atoms with Gasteiger partial charge < -0.3 is 10.5 Å². The molecule has 6 heteroatoms. The Morgan fingerprint density at radius 3 is 2.48 bits per heavy atom. The largest absolute Gasteiger partial charge is 0.457 e. The van der Waals surface area contributed by atoms with Crippen LogP contribution in [0, 0.1) is 10.1 Å². The van der Waals surface area contributed by atoms with E-state index in [1.165, 1.54) is 12.1 Å². The minimum atomic E-state index is -0.457. The quantitative estimate of drug-likeness (QED) is 0.633. The molecule has 0 aliphatic heterocycles. The summed E-state index contributed by atoms with van der Waals surface area (Å²) < 4.78 is 6.24. The van der Waals surface area contributed by atoms with Gasteiger partial charge >= 0.3 is 0 Å². The van der Waals surface area contributed by atoms with E-state index in [0.29, 0.717) is 16.0 Å². The number of nitro benzene ring substituents is 1. The van der Waals surface area contributed by atoms with E-state index < -0.39 is 4.92 Å². The molecule has 1 atom stereocenters. The van der Waals surface area contributed by atoms with Gasteiger partial charge in [0.2, 0.25) is 0 Å². The number of rotatable bonds is 5. The normalized spacial score (nSPS) is 12.0. The summed E-state index contributed by atoms with van der Waals surface area (Å²) in [5.41, 5.74) is 6.96. The van der Waals surface area contributed by atoms with E-state index in [1.54, 1.807) is 18.2 Å². The molecule has 0 saturated carbocycles. The van der Waals surface area contributed by atoms with Gasteiger partial charge in [-0.2, -0.15) is 0 Å². The van der Waals surface area contributed by atoms with E-state index >= 15 is 0 Å². The number of benzene rings is 2. The minimum absolute atomic E-state index is 0.00556. The Bertz CT molecular complexity index is 644. The molecule has 2 aromatic rings. The highest BCUT2D eigenvalue weighted by atomic mass is 79.9. The van der Waals surface area contributed by atoms with Crippen LogP contribution >= 0.6 is 15.9 Å². The Labute approximate surface area is 131 Å². The monoisotopic (exact) mass is 350 g/mol. The molecule has 5 nitrogen and oxygen atoms in total. The second-order valence-corrected chi connectivity index (χ2v) is 5.50. The molecular formula is C15H15BrN2O3. The van der Waals surface area contributed by atoms with Gasteiger partial charge in [-0.25, -0.2) is 0 Å². The van der Waals surface area contributed by atoms with Crippen molar-refractivity contribution >= 4 is 21.6 Å². The molecule has 0 aliphatic rings. The van der Waals surface area contributed by atoms with Crippen LogP contribution in [-0.4, -0.2) is 4.92 Å². The van der Waals surface area contributed by atoms with E-state index in [2.05, 4.69) is 15.9 Å². The van der Waals surface area contributed by atoms with E-state index in [0.717, 1.165) is 12.0 Å². The lowest BCUT2D eigenvalue weighted by Gasteiger charge is -2.11. The lowest BCUT2D eigenvalue weighted by atomic mass is 10.1. The predicted octanol–water partition coefficient (Wildman–Crippen LogP) is 4.56. The van der Waals surface area contributed by atoms with Crippen LogP contribution in [0.2, 0.25) is 0 Å². The van der Waals surface area contributed by atoms with E-state index in [9.17, 15) is 10.1 Å². The van der Waals surface area contributed by atoms with Crippen molar-refractivity contribution in [2.75, 3.05) is 0 Å². The fourth-order valence-corrected chi connectivity index (χ4v) is 2.33. The van der Waals surface area contributed by atoms with Crippen LogP contribution in [0.15, 0.2) is 46.9 Å². The zero-order chi connectivity index (χ0) is 15.4. The van der Waals surface area contributed by atoms with Gasteiger partial charge in [0.05, 0.1) is 11.0 Å². The van der Waals surface area contributed by atoms with E-state index in [4.69, 9.17) is 10.5 Å². The molecule has 0 amide bonds. The molecule has 21 heavy (non-hydrogen) atoms. The van der Waals surface area contributed by atoms with E-state index in [-0.39, 0.29) is 11.7 Å². The molecule has 0 aliphatic carbocycles. The van der Waals surface area contributed by atoms with Crippen LogP contribution in [0.25, 0.3) is 0 Å². The number of halogens is 1. The van der Waals surface area contributed by atoms with Gasteiger partial charge in [0, 0.05) is 16.6 Å². The Morgan fingerprint density at radius 1 is 1.24 bits per heavy atom. The topological polar surface area (TPSA) is 78.4 Å². The fourth-order valence-electron chi connectivity index (χ4n) is 1.87. The van der Waals surface area contributed by atoms with Crippen molar-refractivity contribution in [1.82, 2.24) is 0 Å². The molecule has 0 fully saturated rings. The third-order valence-corrected chi connectivity index (χ3v) is 3.51. The number of hydrogen-bond acceptors (Lipinski definition) is 4. The molecule has 0 saturated heterocycles. The van der Waals surface area contributed by atoms with Gasteiger partial charge in [0.1, 0.15) is 11.5 Å². The first-order chi connectivity index (χ1) is 9.99. The fraction of sp³-hybridized carbons (Fsp3) is 0.200. The molecular weight excluding hydrogens is 336 g/mol. The number of nitrogens with two attached hydrogens (primary N) is 1. The SMILES string of the molecule is CC[C@@H](N)c1ccc(Oc2cc(Br)cc([N+](=O)[O-])c2)cc1. The average Bonchev–Trinajstić information content (AvgIpc) is 2.46. The summed E-state index contributed by atoms with van der Waals surface area (Å²) in [7, 11) is 0. The van der Waals surface area contributed by atoms with Crippen molar-refractivity contribution in [2.24, 2.45) is 5.73 Å². The molecule has 2 rings (SSSR count). The Kier molecular flexibility index (Phi) is 4.93. The number of ether oxygens (including phenoxy) is 1. The second kappa shape index (κ2) is 6.69. The Morgan fingerprint density at radius 2 is 1.90 bits per heavy atom. The predicted molar refractivity (Wildman–Crippen MR) is 84.5 cm³/mol. The molecule has 0 radical (unpaired) electrons. The molecule has 110 valence electrons. The Balaban J connectivity index is 2.20. The molecule has 0 spiro atoms. The summed E-state index contributed by atoms with van der Waals surface area (Å²) in [5.74, 6) is 1.01. The zero-order valence-corrected chi connectivity index (χ0v) is 13.0. The van der Waals surface area contributed by atoms with Crippen LogP contribution in [0.3, 0.4) is 0 Å². The number of non-ortho nitro benzene ring substituents is 1. The lowest BCUT2D eigenvalue weighted by Crippen LogP contribution is -2.07. The van der Waals surface area contributed by atoms with Gasteiger partial charge in [0.15, 0.2) is 0 Å². The molecule has 0 bridgehead atoms. The van der Waals surface area contributed by atoms with Crippen LogP contribution in [0.1, 0.15) is 24.9 Å². The van der Waals surface area contributed by atoms with Crippen LogP contribution in [-0.2, 0) is 0 Å². The van der Waals surface area contributed by atoms with Crippen LogP contribution in [0.4, 0.5) is 5.69 Å². The zero-order valence-electron chi connectivity index (χ0n) is 11.5. The highest BCUT2D eigenvalue weighted by Gasteiger charge is 2.10. The van der Waals surface area contributed by atoms with Crippen molar-refractivity contribution in [2.45, 2.75) is 19.4 Å². The summed E-state index contributed by atoms with van der Waals surface area (Å²) in [4.78, 5) is 10.4. The van der Waals surface area contributed by atoms with Gasteiger partial charge in [-0.05, 0) is 30.2 Å². The minimum Gasteiger partial charge on any atom is -0.457 e. The maximum absolute atomic E-state index is 10.8. The smallest absolute Gasteiger partial charge is 0.274 e. The Hall–Kier alpha value is -1.92. The first-order valence-corrected chi connectivity index (χ1v) is 7.27. The highest BCUT2D eigenvalue weighted by Crippen LogP contribution is 2.30. The van der Waals surface area contributed by atoms with Crippen molar-refractivity contribution in [3.8, 4) is 11.5 Å². The lowest BCUT2D eigenvalue weighted by molar-refractivity contribution is -0.385. The summed E-state index contributed by atoms with van der Waals surface area (Å²) in [5, 5.41) is 10.8. The molecule has 0 unspecified atom stereocenters. The average molecular weight is 351 g/mol. The highest BCUT2D eigenvalue weighted by molar-refractivity contribution is 9.10. The first kappa shape index (κ1) is 15.5. The summed E-state index contributed by atoms with van der Waals surface area (Å²) in [6.45, 7) is 2.02. The van der Waals surface area contributed by atoms with Crippen molar-refractivity contribution in [3.05, 3.63) is 62.6 Å². The summed E-state index contributed by atoms with van der Waals surface area (Å²) in [6.07, 6.45) is 0.859. The van der Waals surface area contributed by atoms with Crippen molar-refractivity contribution < 1.29 is 9.66 Å². The summed E-state index contributed by atoms with van der Waals surface area (Å²) >= 11 is 3.23. The molecule has 0 heterocycles. The maximum Gasteiger partial charge on any atom is 0.274 e. The number of nitro groups is 1. The third-order valence-electron chi connectivity index (χ3n) is 3.05. The van der Waals surface area contributed by atoms with Crippen molar-refractivity contribution in [1.29, 1.82) is 0 Å². The standard InChI is InChI=1S/C15H15BrN2O3/c1-2-15(17)10-3-5-13(6-4-10)21-14-8-11(16)7-12(9-14)18(19)20/h3-9,15H,2,17H2,1H3/t15-/m1/s1. The number of hydrogen-bond donors (Lipinski definition) is 1. The van der Waals surface area contributed by atoms with Crippen LogP contribution < -0.4 is 10.5 Å². The molecule has 2 N–H and O–H groups in total. The van der Waals surface area contributed by atoms with Gasteiger partial charge in [-0.15, -0.1) is 0 Å². The van der Waals surface area contributed by atoms with Gasteiger partial charge in [-0.3, -0.25) is 10.1 Å². The van der Waals surface area contributed by atoms with Gasteiger partial charge in [-0.1, -0.05) is 35.0 Å². The molecule has 0 aromatic heterocycles. The second-order valence-electron chi connectivity index (χ2n) is 4.59. The molecule has 2 aromatic carbocycles. The maximum atomic E-state index is 10.8. The van der Waals surface area contributed by atoms with E-state index in [1.807, 2.05) is 19.1 Å². The number of nitrogens with zero attached hydrogens (tertiary/aromatic N) is 1. The van der Waals surface area contributed by atoms with Crippen molar-refractivity contribution in [3.63, 3.8) is 0 Å². The van der Waals surface area contributed by atoms with Gasteiger partial charge in [0.25, 0.3) is 5.69 Å². The third kappa shape index (κ3) is 4.03. The van der Waals surface area contributed by atoms with Crippen LogP contribution in [0.5, 0.6) is 11.5 Å².